The molecule has 0 aromatic rings. The maximum atomic E-state index is 11.4. The molecule has 1 rings (SSSR count). The van der Waals surface area contributed by atoms with E-state index in [2.05, 4.69) is 0 Å². The van der Waals surface area contributed by atoms with Gasteiger partial charge in [0.2, 0.25) is 0 Å². The van der Waals surface area contributed by atoms with Gasteiger partial charge in [0, 0.05) is 13.2 Å². The molecule has 1 aliphatic heterocycles. The van der Waals surface area contributed by atoms with Crippen LogP contribution >= 0.6 is 0 Å². The molecule has 1 heterocycles. The van der Waals surface area contributed by atoms with Gasteiger partial charge in [-0.15, -0.1) is 0 Å². The van der Waals surface area contributed by atoms with Crippen molar-refractivity contribution in [3.8, 4) is 0 Å². The van der Waals surface area contributed by atoms with Crippen LogP contribution in [0.1, 0.15) is 13.8 Å². The van der Waals surface area contributed by atoms with Crippen LogP contribution in [0.3, 0.4) is 0 Å². The Morgan fingerprint density at radius 2 is 1.92 bits per heavy atom. The molecule has 71 valence electrons. The Balaban J connectivity index is 2.28. The zero-order valence-electron chi connectivity index (χ0n) is 7.49. The summed E-state index contributed by atoms with van der Waals surface area (Å²) in [6.07, 6.45) is -1.74. The summed E-state index contributed by atoms with van der Waals surface area (Å²) in [5, 5.41) is 11.4. The molecule has 1 saturated heterocycles. The smallest absolute Gasteiger partial charge is 0.189 e. The molecule has 2 unspecified atom stereocenters. The van der Waals surface area contributed by atoms with E-state index < -0.39 is 12.4 Å². The summed E-state index contributed by atoms with van der Waals surface area (Å²) < 4.78 is 15.1. The molecule has 0 aliphatic carbocycles. The third kappa shape index (κ3) is 2.71. The van der Waals surface area contributed by atoms with Gasteiger partial charge in [0.25, 0.3) is 0 Å². The molecule has 0 N–H and O–H groups in total. The fourth-order valence-corrected chi connectivity index (χ4v) is 0.987. The first kappa shape index (κ1) is 9.92. The predicted molar refractivity (Wildman–Crippen MR) is 41.3 cm³/mol. The average molecular weight is 175 g/mol. The van der Waals surface area contributed by atoms with Crippen LogP contribution in [0.4, 0.5) is 0 Å². The molecule has 1 fully saturated rings. The van der Waals surface area contributed by atoms with Gasteiger partial charge in [0.1, 0.15) is 6.10 Å². The summed E-state index contributed by atoms with van der Waals surface area (Å²) >= 11 is 0. The first-order valence-electron chi connectivity index (χ1n) is 4.30. The number of hydrogen-bond acceptors (Lipinski definition) is 3. The Labute approximate surface area is 72.4 Å². The Bertz CT molecular complexity index is 118. The molecule has 0 aromatic carbocycles. The van der Waals surface area contributed by atoms with Gasteiger partial charge in [-0.25, -0.2) is 5.11 Å². The summed E-state index contributed by atoms with van der Waals surface area (Å²) in [7, 11) is 0. The summed E-state index contributed by atoms with van der Waals surface area (Å²) in [4.78, 5) is 0. The molecule has 0 saturated carbocycles. The van der Waals surface area contributed by atoms with Crippen molar-refractivity contribution in [2.24, 2.45) is 0 Å². The number of rotatable bonds is 6. The Hall–Kier alpha value is -0.160. The molecule has 4 nitrogen and oxygen atoms in total. The summed E-state index contributed by atoms with van der Waals surface area (Å²) in [5.74, 6) is 0. The van der Waals surface area contributed by atoms with Gasteiger partial charge in [0.15, 0.2) is 12.4 Å². The molecule has 0 spiro atoms. The van der Waals surface area contributed by atoms with Gasteiger partial charge in [0.05, 0.1) is 6.61 Å². The predicted octanol–water partition coefficient (Wildman–Crippen LogP) is 0.583. The lowest BCUT2D eigenvalue weighted by Crippen LogP contribution is -2.35. The van der Waals surface area contributed by atoms with Gasteiger partial charge in [-0.3, -0.25) is 0 Å². The first-order valence-corrected chi connectivity index (χ1v) is 4.30. The molecule has 0 amide bonds. The zero-order valence-corrected chi connectivity index (χ0v) is 7.49. The standard InChI is InChI=1S/C8H15O4/c1-3-10-8(11-4-2)7(9)6-5-12-6/h6-8H,3-5H2,1-2H3. The molecular formula is C8H15O4. The molecule has 12 heavy (non-hydrogen) atoms. The Morgan fingerprint density at radius 1 is 1.42 bits per heavy atom. The topological polar surface area (TPSA) is 50.9 Å². The molecule has 1 aliphatic rings. The lowest BCUT2D eigenvalue weighted by atomic mass is 10.2. The van der Waals surface area contributed by atoms with E-state index in [0.29, 0.717) is 19.8 Å². The van der Waals surface area contributed by atoms with Crippen molar-refractivity contribution >= 4 is 0 Å². The van der Waals surface area contributed by atoms with Crippen LogP contribution in [0.15, 0.2) is 0 Å². The molecule has 0 aromatic heterocycles. The number of ether oxygens (including phenoxy) is 3. The molecule has 1 radical (unpaired) electrons. The van der Waals surface area contributed by atoms with E-state index >= 15 is 0 Å². The van der Waals surface area contributed by atoms with E-state index in [-0.39, 0.29) is 6.10 Å². The normalized spacial score (nSPS) is 24.5. The monoisotopic (exact) mass is 175 g/mol. The maximum Gasteiger partial charge on any atom is 0.189 e. The number of epoxide rings is 1. The quantitative estimate of drug-likeness (QED) is 0.438. The van der Waals surface area contributed by atoms with Gasteiger partial charge in [-0.05, 0) is 13.8 Å². The highest BCUT2D eigenvalue weighted by Crippen LogP contribution is 2.19. The second-order valence-electron chi connectivity index (χ2n) is 2.62. The van der Waals surface area contributed by atoms with Gasteiger partial charge in [-0.1, -0.05) is 0 Å². The van der Waals surface area contributed by atoms with Crippen molar-refractivity contribution in [2.45, 2.75) is 32.3 Å². The maximum absolute atomic E-state index is 11.4. The summed E-state index contributed by atoms with van der Waals surface area (Å²) in [6.45, 7) is 5.22. The second kappa shape index (κ2) is 4.77. The molecule has 0 bridgehead atoms. The molecule has 4 heteroatoms. The highest BCUT2D eigenvalue weighted by atomic mass is 16.7. The third-order valence-corrected chi connectivity index (χ3v) is 1.66. The third-order valence-electron chi connectivity index (χ3n) is 1.66. The van der Waals surface area contributed by atoms with Gasteiger partial charge < -0.3 is 14.2 Å². The van der Waals surface area contributed by atoms with Gasteiger partial charge in [-0.2, -0.15) is 0 Å². The van der Waals surface area contributed by atoms with Crippen molar-refractivity contribution < 1.29 is 19.3 Å². The van der Waals surface area contributed by atoms with Crippen LogP contribution in [0.5, 0.6) is 0 Å². The first-order chi connectivity index (χ1) is 5.79. The van der Waals surface area contributed by atoms with Crippen LogP contribution in [-0.4, -0.2) is 38.3 Å². The lowest BCUT2D eigenvalue weighted by molar-refractivity contribution is -0.208. The summed E-state index contributed by atoms with van der Waals surface area (Å²) in [6, 6.07) is 0. The SMILES string of the molecule is CCOC(OCC)C([O])C1CO1. The van der Waals surface area contributed by atoms with Crippen LogP contribution in [-0.2, 0) is 19.3 Å². The van der Waals surface area contributed by atoms with E-state index in [9.17, 15) is 5.11 Å². The minimum Gasteiger partial charge on any atom is -0.370 e. The van der Waals surface area contributed by atoms with E-state index in [1.54, 1.807) is 0 Å². The van der Waals surface area contributed by atoms with Crippen LogP contribution in [0.2, 0.25) is 0 Å². The average Bonchev–Trinajstić information content (AvgIpc) is 2.85. The highest BCUT2D eigenvalue weighted by molar-refractivity contribution is 4.80. The zero-order chi connectivity index (χ0) is 8.97. The van der Waals surface area contributed by atoms with E-state index in [1.165, 1.54) is 0 Å². The van der Waals surface area contributed by atoms with Gasteiger partial charge >= 0.3 is 0 Å². The van der Waals surface area contributed by atoms with Crippen molar-refractivity contribution in [2.75, 3.05) is 19.8 Å². The Kier molecular flexibility index (Phi) is 3.94. The van der Waals surface area contributed by atoms with Crippen LogP contribution < -0.4 is 0 Å². The largest absolute Gasteiger partial charge is 0.370 e. The van der Waals surface area contributed by atoms with E-state index in [1.807, 2.05) is 13.8 Å². The van der Waals surface area contributed by atoms with Crippen LogP contribution in [0, 0.1) is 0 Å². The fourth-order valence-electron chi connectivity index (χ4n) is 0.987. The highest BCUT2D eigenvalue weighted by Gasteiger charge is 2.39. The van der Waals surface area contributed by atoms with E-state index in [0.717, 1.165) is 0 Å². The second-order valence-corrected chi connectivity index (χ2v) is 2.62. The fraction of sp³-hybridized carbons (Fsp3) is 1.00. The van der Waals surface area contributed by atoms with Crippen molar-refractivity contribution in [1.29, 1.82) is 0 Å². The molecule has 2 atom stereocenters. The molecular weight excluding hydrogens is 160 g/mol. The van der Waals surface area contributed by atoms with Crippen molar-refractivity contribution in [3.63, 3.8) is 0 Å². The minimum absolute atomic E-state index is 0.201. The van der Waals surface area contributed by atoms with Crippen LogP contribution in [0.25, 0.3) is 0 Å². The van der Waals surface area contributed by atoms with Crippen molar-refractivity contribution in [3.05, 3.63) is 0 Å². The Morgan fingerprint density at radius 3 is 2.25 bits per heavy atom. The van der Waals surface area contributed by atoms with Crippen molar-refractivity contribution in [1.82, 2.24) is 0 Å². The summed E-state index contributed by atoms with van der Waals surface area (Å²) in [5.41, 5.74) is 0. The van der Waals surface area contributed by atoms with E-state index in [4.69, 9.17) is 14.2 Å². The lowest BCUT2D eigenvalue weighted by Gasteiger charge is -2.19. The minimum atomic E-state index is -0.898. The number of hydrogen-bond donors (Lipinski definition) is 0.